The Kier molecular flexibility index (Phi) is 2.11. The molecule has 84 valence electrons. The summed E-state index contributed by atoms with van der Waals surface area (Å²) >= 11 is 0. The first-order valence-corrected chi connectivity index (χ1v) is 5.02. The van der Waals surface area contributed by atoms with E-state index in [9.17, 15) is 0 Å². The van der Waals surface area contributed by atoms with E-state index in [0.29, 0.717) is 23.2 Å². The number of hydrogen-bond donors (Lipinski definition) is 2. The number of aromatic nitrogens is 4. The minimum Gasteiger partial charge on any atom is -0.399 e. The maximum absolute atomic E-state index is 5.69. The van der Waals surface area contributed by atoms with Crippen molar-refractivity contribution in [1.29, 1.82) is 0 Å². The van der Waals surface area contributed by atoms with E-state index in [0.717, 1.165) is 5.56 Å². The molecule has 0 radical (unpaired) electrons. The summed E-state index contributed by atoms with van der Waals surface area (Å²) in [6.45, 7) is 0. The Morgan fingerprint density at radius 3 is 3.00 bits per heavy atom. The number of imidazole rings is 1. The Bertz CT molecular complexity index is 629. The van der Waals surface area contributed by atoms with Crippen molar-refractivity contribution in [2.24, 2.45) is 0 Å². The van der Waals surface area contributed by atoms with Crippen LogP contribution in [0.25, 0.3) is 23.1 Å². The maximum atomic E-state index is 5.69. The predicted octanol–water partition coefficient (Wildman–Crippen LogP) is 1.71. The normalized spacial score (nSPS) is 10.6. The molecule has 0 saturated heterocycles. The number of H-pyrrole nitrogens is 1. The third-order valence-corrected chi connectivity index (χ3v) is 2.27. The number of aromatic amines is 1. The Balaban J connectivity index is 2.01. The van der Waals surface area contributed by atoms with Crippen molar-refractivity contribution in [2.75, 3.05) is 5.73 Å². The van der Waals surface area contributed by atoms with Gasteiger partial charge in [0.25, 0.3) is 5.89 Å². The highest BCUT2D eigenvalue weighted by Gasteiger charge is 2.11. The van der Waals surface area contributed by atoms with Gasteiger partial charge in [0.15, 0.2) is 5.82 Å². The fourth-order valence-electron chi connectivity index (χ4n) is 1.50. The smallest absolute Gasteiger partial charge is 0.258 e. The number of nitrogen functional groups attached to an aromatic ring is 1. The lowest BCUT2D eigenvalue weighted by Crippen LogP contribution is -1.86. The summed E-state index contributed by atoms with van der Waals surface area (Å²) in [6.07, 6.45) is 3.33. The van der Waals surface area contributed by atoms with Crippen molar-refractivity contribution < 1.29 is 4.52 Å². The zero-order valence-corrected chi connectivity index (χ0v) is 8.79. The topological polar surface area (TPSA) is 93.6 Å². The molecule has 0 spiro atoms. The van der Waals surface area contributed by atoms with Crippen molar-refractivity contribution in [3.8, 4) is 23.1 Å². The van der Waals surface area contributed by atoms with Gasteiger partial charge in [-0.15, -0.1) is 0 Å². The van der Waals surface area contributed by atoms with Crippen LogP contribution in [0.4, 0.5) is 5.69 Å². The first kappa shape index (κ1) is 9.59. The summed E-state index contributed by atoms with van der Waals surface area (Å²) in [5.74, 6) is 1.42. The van der Waals surface area contributed by atoms with Gasteiger partial charge >= 0.3 is 0 Å². The molecule has 0 atom stereocenters. The summed E-state index contributed by atoms with van der Waals surface area (Å²) < 4.78 is 5.15. The van der Waals surface area contributed by atoms with E-state index in [1.807, 2.05) is 12.1 Å². The SMILES string of the molecule is Nc1cccc(-c2nc(-c3ncc[nH]3)no2)c1. The first-order valence-electron chi connectivity index (χ1n) is 5.02. The summed E-state index contributed by atoms with van der Waals surface area (Å²) in [5.41, 5.74) is 7.13. The highest BCUT2D eigenvalue weighted by Crippen LogP contribution is 2.21. The van der Waals surface area contributed by atoms with Gasteiger partial charge in [0.05, 0.1) is 0 Å². The van der Waals surface area contributed by atoms with E-state index in [4.69, 9.17) is 10.3 Å². The average molecular weight is 227 g/mol. The minimum atomic E-state index is 0.420. The molecule has 1 aromatic carbocycles. The molecule has 0 saturated carbocycles. The third-order valence-electron chi connectivity index (χ3n) is 2.27. The van der Waals surface area contributed by atoms with Gasteiger partial charge in [-0.05, 0) is 18.2 Å². The number of anilines is 1. The van der Waals surface area contributed by atoms with Gasteiger partial charge in [0.2, 0.25) is 5.82 Å². The second-order valence-corrected chi connectivity index (χ2v) is 3.49. The van der Waals surface area contributed by atoms with Crippen LogP contribution in [-0.4, -0.2) is 20.1 Å². The lowest BCUT2D eigenvalue weighted by atomic mass is 10.2. The highest BCUT2D eigenvalue weighted by atomic mass is 16.5. The lowest BCUT2D eigenvalue weighted by molar-refractivity contribution is 0.432. The molecule has 0 aliphatic rings. The number of hydrogen-bond acceptors (Lipinski definition) is 5. The fraction of sp³-hybridized carbons (Fsp3) is 0. The summed E-state index contributed by atoms with van der Waals surface area (Å²) in [4.78, 5) is 11.2. The predicted molar refractivity (Wildman–Crippen MR) is 61.7 cm³/mol. The Labute approximate surface area is 96.5 Å². The van der Waals surface area contributed by atoms with Crippen LogP contribution in [0.2, 0.25) is 0 Å². The molecule has 0 bridgehead atoms. The molecule has 3 rings (SSSR count). The largest absolute Gasteiger partial charge is 0.399 e. The average Bonchev–Trinajstić information content (AvgIpc) is 3.00. The summed E-state index contributed by atoms with van der Waals surface area (Å²) in [5, 5.41) is 3.84. The molecule has 0 aliphatic heterocycles. The van der Waals surface area contributed by atoms with Gasteiger partial charge in [-0.1, -0.05) is 11.2 Å². The summed E-state index contributed by atoms with van der Waals surface area (Å²) in [7, 11) is 0. The van der Waals surface area contributed by atoms with Crippen LogP contribution >= 0.6 is 0 Å². The standard InChI is InChI=1S/C11H9N5O/c12-8-3-1-2-7(6-8)11-15-10(16-17-11)9-13-4-5-14-9/h1-6H,12H2,(H,13,14). The first-order chi connectivity index (χ1) is 8.33. The number of nitrogens with two attached hydrogens (primary N) is 1. The van der Waals surface area contributed by atoms with Gasteiger partial charge in [-0.25, -0.2) is 4.98 Å². The lowest BCUT2D eigenvalue weighted by Gasteiger charge is -1.94. The molecular formula is C11H9N5O. The second kappa shape index (κ2) is 3.75. The molecule has 0 aliphatic carbocycles. The molecule has 17 heavy (non-hydrogen) atoms. The monoisotopic (exact) mass is 227 g/mol. The van der Waals surface area contributed by atoms with Crippen molar-refractivity contribution in [3.05, 3.63) is 36.7 Å². The molecule has 0 amide bonds. The van der Waals surface area contributed by atoms with Gasteiger partial charge < -0.3 is 15.2 Å². The van der Waals surface area contributed by atoms with Crippen LogP contribution in [-0.2, 0) is 0 Å². The van der Waals surface area contributed by atoms with Crippen LogP contribution < -0.4 is 5.73 Å². The van der Waals surface area contributed by atoms with Gasteiger partial charge in [-0.2, -0.15) is 4.98 Å². The Morgan fingerprint density at radius 2 is 2.24 bits per heavy atom. The van der Waals surface area contributed by atoms with Crippen LogP contribution in [0, 0.1) is 0 Å². The third kappa shape index (κ3) is 1.76. The van der Waals surface area contributed by atoms with Crippen LogP contribution in [0.15, 0.2) is 41.2 Å². The molecule has 6 nitrogen and oxygen atoms in total. The van der Waals surface area contributed by atoms with Gasteiger partial charge in [-0.3, -0.25) is 0 Å². The minimum absolute atomic E-state index is 0.420. The van der Waals surface area contributed by atoms with Crippen molar-refractivity contribution in [2.45, 2.75) is 0 Å². The molecule has 3 aromatic rings. The van der Waals surface area contributed by atoms with E-state index in [1.165, 1.54) is 0 Å². The van der Waals surface area contributed by atoms with Crippen molar-refractivity contribution in [1.82, 2.24) is 20.1 Å². The molecular weight excluding hydrogens is 218 g/mol. The molecule has 0 fully saturated rings. The molecule has 6 heteroatoms. The summed E-state index contributed by atoms with van der Waals surface area (Å²) in [6, 6.07) is 7.27. The van der Waals surface area contributed by atoms with E-state index in [-0.39, 0.29) is 0 Å². The molecule has 2 heterocycles. The number of benzene rings is 1. The van der Waals surface area contributed by atoms with Crippen LogP contribution in [0.1, 0.15) is 0 Å². The highest BCUT2D eigenvalue weighted by molar-refractivity contribution is 5.61. The second-order valence-electron chi connectivity index (χ2n) is 3.49. The Morgan fingerprint density at radius 1 is 1.29 bits per heavy atom. The number of nitrogens with one attached hydrogen (secondary N) is 1. The quantitative estimate of drug-likeness (QED) is 0.650. The maximum Gasteiger partial charge on any atom is 0.258 e. The van der Waals surface area contributed by atoms with Crippen molar-refractivity contribution in [3.63, 3.8) is 0 Å². The fourth-order valence-corrected chi connectivity index (χ4v) is 1.50. The molecule has 2 aromatic heterocycles. The number of nitrogens with zero attached hydrogens (tertiary/aromatic N) is 3. The molecule has 0 unspecified atom stereocenters. The van der Waals surface area contributed by atoms with E-state index >= 15 is 0 Å². The van der Waals surface area contributed by atoms with Gasteiger partial charge in [0, 0.05) is 23.6 Å². The van der Waals surface area contributed by atoms with Crippen molar-refractivity contribution >= 4 is 5.69 Å². The molecule has 3 N–H and O–H groups in total. The van der Waals surface area contributed by atoms with E-state index < -0.39 is 0 Å². The van der Waals surface area contributed by atoms with Crippen LogP contribution in [0.5, 0.6) is 0 Å². The zero-order chi connectivity index (χ0) is 11.7. The van der Waals surface area contributed by atoms with Gasteiger partial charge in [0.1, 0.15) is 0 Å². The van der Waals surface area contributed by atoms with E-state index in [2.05, 4.69) is 20.1 Å². The Hall–Kier alpha value is -2.63. The zero-order valence-electron chi connectivity index (χ0n) is 8.79. The van der Waals surface area contributed by atoms with Crippen LogP contribution in [0.3, 0.4) is 0 Å². The van der Waals surface area contributed by atoms with E-state index in [1.54, 1.807) is 24.5 Å². The number of rotatable bonds is 2.